The molecule has 2 unspecified atom stereocenters. The van der Waals surface area contributed by atoms with Crippen LogP contribution in [0, 0.1) is 0 Å². The van der Waals surface area contributed by atoms with Crippen LogP contribution in [0.2, 0.25) is 18.1 Å². The third-order valence-corrected chi connectivity index (χ3v) is 10.2. The van der Waals surface area contributed by atoms with E-state index in [1.807, 2.05) is 0 Å². The lowest BCUT2D eigenvalue weighted by Crippen LogP contribution is -2.47. The summed E-state index contributed by atoms with van der Waals surface area (Å²) in [5, 5.41) is 0. The van der Waals surface area contributed by atoms with Gasteiger partial charge in [0.05, 0.1) is 21.3 Å². The third-order valence-electron chi connectivity index (χ3n) is 4.05. The first-order valence-electron chi connectivity index (χ1n) is 6.45. The van der Waals surface area contributed by atoms with E-state index in [0.717, 1.165) is 13.2 Å². The van der Waals surface area contributed by atoms with Crippen molar-refractivity contribution in [2.75, 3.05) is 13.2 Å². The maximum Gasteiger partial charge on any atom is 0.104 e. The van der Waals surface area contributed by atoms with Gasteiger partial charge in [0.15, 0.2) is 0 Å². The van der Waals surface area contributed by atoms with E-state index < -0.39 is 8.07 Å². The first kappa shape index (κ1) is 13.2. The Morgan fingerprint density at radius 1 is 1.20 bits per heavy atom. The van der Waals surface area contributed by atoms with Gasteiger partial charge in [-0.05, 0) is 6.42 Å². The van der Waals surface area contributed by atoms with Gasteiger partial charge in [0.2, 0.25) is 0 Å². The zero-order valence-electron chi connectivity index (χ0n) is 10.7. The highest BCUT2D eigenvalue weighted by atomic mass is 28.3. The summed E-state index contributed by atoms with van der Waals surface area (Å²) in [7, 11) is -1.16. The van der Waals surface area contributed by atoms with Gasteiger partial charge in [-0.15, -0.1) is 0 Å². The normalized spacial score (nSPS) is 22.8. The summed E-state index contributed by atoms with van der Waals surface area (Å²) < 4.78 is 11.3. The lowest BCUT2D eigenvalue weighted by molar-refractivity contribution is 0.0814. The predicted octanol–water partition coefficient (Wildman–Crippen LogP) is 3.23. The quantitative estimate of drug-likeness (QED) is 0.472. The molecule has 0 aromatic heterocycles. The van der Waals surface area contributed by atoms with Gasteiger partial charge in [0, 0.05) is 5.73 Å². The topological polar surface area (TPSA) is 21.8 Å². The van der Waals surface area contributed by atoms with Gasteiger partial charge < -0.3 is 9.47 Å². The van der Waals surface area contributed by atoms with Crippen molar-refractivity contribution in [3.8, 4) is 0 Å². The summed E-state index contributed by atoms with van der Waals surface area (Å²) in [6.07, 6.45) is 1.59. The van der Waals surface area contributed by atoms with Crippen LogP contribution in [0.15, 0.2) is 0 Å². The molecule has 3 heteroatoms. The fourth-order valence-electron chi connectivity index (χ4n) is 2.55. The minimum atomic E-state index is -1.16. The van der Waals surface area contributed by atoms with E-state index in [0.29, 0.717) is 11.8 Å². The number of epoxide rings is 1. The second kappa shape index (κ2) is 6.02. The van der Waals surface area contributed by atoms with E-state index >= 15 is 0 Å². The van der Waals surface area contributed by atoms with Crippen LogP contribution in [-0.2, 0) is 9.47 Å². The number of ether oxygens (including phenoxy) is 2. The van der Waals surface area contributed by atoms with Gasteiger partial charge in [-0.2, -0.15) is 0 Å². The predicted molar refractivity (Wildman–Crippen MR) is 67.0 cm³/mol. The molecule has 1 heterocycles. The summed E-state index contributed by atoms with van der Waals surface area (Å²) in [5.74, 6) is 0. The zero-order chi connectivity index (χ0) is 11.3. The highest BCUT2D eigenvalue weighted by Gasteiger charge is 2.37. The first-order valence-corrected chi connectivity index (χ1v) is 9.15. The Balaban J connectivity index is 2.50. The average Bonchev–Trinajstić information content (AvgIpc) is 3.09. The Hall–Kier alpha value is 0.137. The van der Waals surface area contributed by atoms with Crippen molar-refractivity contribution in [2.45, 2.75) is 64.1 Å². The van der Waals surface area contributed by atoms with Gasteiger partial charge in [-0.25, -0.2) is 0 Å². The highest BCUT2D eigenvalue weighted by Crippen LogP contribution is 2.29. The molecule has 1 saturated heterocycles. The molecule has 0 saturated carbocycles. The fraction of sp³-hybridized carbons (Fsp3) is 1.00. The van der Waals surface area contributed by atoms with Crippen molar-refractivity contribution in [2.24, 2.45) is 0 Å². The van der Waals surface area contributed by atoms with E-state index in [9.17, 15) is 0 Å². The van der Waals surface area contributed by atoms with E-state index in [1.54, 1.807) is 0 Å². The molecule has 1 rings (SSSR count). The molecule has 0 aliphatic carbocycles. The molecular weight excluding hydrogens is 204 g/mol. The van der Waals surface area contributed by atoms with Crippen LogP contribution >= 0.6 is 0 Å². The molecule has 0 N–H and O–H groups in total. The second-order valence-corrected chi connectivity index (χ2v) is 10.1. The van der Waals surface area contributed by atoms with Gasteiger partial charge in [0.25, 0.3) is 0 Å². The van der Waals surface area contributed by atoms with Crippen molar-refractivity contribution >= 4 is 8.07 Å². The monoisotopic (exact) mass is 230 g/mol. The number of rotatable bonds is 8. The maximum atomic E-state index is 6.09. The lowest BCUT2D eigenvalue weighted by atomic mass is 10.5. The Bertz CT molecular complexity index is 168. The molecule has 2 atom stereocenters. The van der Waals surface area contributed by atoms with Crippen molar-refractivity contribution in [1.29, 1.82) is 0 Å². The largest absolute Gasteiger partial charge is 0.379 e. The number of hydrogen-bond acceptors (Lipinski definition) is 2. The smallest absolute Gasteiger partial charge is 0.104 e. The molecule has 2 nitrogen and oxygen atoms in total. The molecule has 0 spiro atoms. The number of hydrogen-bond donors (Lipinski definition) is 0. The van der Waals surface area contributed by atoms with Crippen LogP contribution in [0.5, 0.6) is 0 Å². The van der Waals surface area contributed by atoms with Gasteiger partial charge >= 0.3 is 0 Å². The summed E-state index contributed by atoms with van der Waals surface area (Å²) >= 11 is 0. The molecule has 0 radical (unpaired) electrons. The minimum absolute atomic E-state index is 0.413. The average molecular weight is 230 g/mol. The molecule has 90 valence electrons. The van der Waals surface area contributed by atoms with Gasteiger partial charge in [-0.1, -0.05) is 45.8 Å². The fourth-order valence-corrected chi connectivity index (χ4v) is 6.73. The molecule has 0 aromatic carbocycles. The summed E-state index contributed by atoms with van der Waals surface area (Å²) in [6, 6.07) is 4.05. The van der Waals surface area contributed by atoms with Crippen LogP contribution in [0.25, 0.3) is 0 Å². The van der Waals surface area contributed by atoms with Crippen molar-refractivity contribution in [3.63, 3.8) is 0 Å². The summed E-state index contributed by atoms with van der Waals surface area (Å²) in [5.41, 5.74) is 0.543. The standard InChI is InChI=1S/C12H26O2Si/c1-5-12(14-10-11-9-13-11)15(6-2,7-3)8-4/h11-12H,5-10H2,1-4H3. The van der Waals surface area contributed by atoms with Crippen molar-refractivity contribution in [3.05, 3.63) is 0 Å². The van der Waals surface area contributed by atoms with Crippen LogP contribution in [-0.4, -0.2) is 33.1 Å². The summed E-state index contributed by atoms with van der Waals surface area (Å²) in [4.78, 5) is 0. The Kier molecular flexibility index (Phi) is 5.30. The minimum Gasteiger partial charge on any atom is -0.379 e. The third kappa shape index (κ3) is 3.30. The molecular formula is C12H26O2Si. The van der Waals surface area contributed by atoms with Crippen LogP contribution in [0.1, 0.15) is 34.1 Å². The van der Waals surface area contributed by atoms with E-state index in [2.05, 4.69) is 27.7 Å². The molecule has 0 amide bonds. The SMILES string of the molecule is CCC(OCC1CO1)[Si](CC)(CC)CC. The van der Waals surface area contributed by atoms with Gasteiger partial charge in [0.1, 0.15) is 6.10 Å². The first-order chi connectivity index (χ1) is 7.22. The van der Waals surface area contributed by atoms with E-state index in [4.69, 9.17) is 9.47 Å². The highest BCUT2D eigenvalue weighted by molar-refractivity contribution is 6.80. The van der Waals surface area contributed by atoms with Gasteiger partial charge in [-0.3, -0.25) is 0 Å². The van der Waals surface area contributed by atoms with Crippen molar-refractivity contribution in [1.82, 2.24) is 0 Å². The lowest BCUT2D eigenvalue weighted by Gasteiger charge is -2.36. The maximum absolute atomic E-state index is 6.09. The molecule has 15 heavy (non-hydrogen) atoms. The second-order valence-electron chi connectivity index (χ2n) is 4.61. The van der Waals surface area contributed by atoms with E-state index in [-0.39, 0.29) is 0 Å². The van der Waals surface area contributed by atoms with Crippen molar-refractivity contribution < 1.29 is 9.47 Å². The molecule has 1 aliphatic heterocycles. The van der Waals surface area contributed by atoms with Crippen LogP contribution in [0.3, 0.4) is 0 Å². The molecule has 1 fully saturated rings. The Labute approximate surface area is 95.4 Å². The summed E-state index contributed by atoms with van der Waals surface area (Å²) in [6.45, 7) is 11.0. The molecule has 0 aromatic rings. The van der Waals surface area contributed by atoms with Crippen LogP contribution in [0.4, 0.5) is 0 Å². The Morgan fingerprint density at radius 2 is 1.73 bits per heavy atom. The van der Waals surface area contributed by atoms with E-state index in [1.165, 1.54) is 24.6 Å². The zero-order valence-corrected chi connectivity index (χ0v) is 11.7. The molecule has 1 aliphatic rings. The van der Waals surface area contributed by atoms with Crippen LogP contribution < -0.4 is 0 Å². The molecule has 0 bridgehead atoms. The Morgan fingerprint density at radius 3 is 2.07 bits per heavy atom.